The molecule has 1 aliphatic rings. The van der Waals surface area contributed by atoms with Crippen LogP contribution in [0.4, 0.5) is 18.9 Å². The van der Waals surface area contributed by atoms with Gasteiger partial charge >= 0.3 is 6.18 Å². The number of carbonyl (C=O) groups is 1. The second-order valence-corrected chi connectivity index (χ2v) is 10.0. The summed E-state index contributed by atoms with van der Waals surface area (Å²) in [4.78, 5) is 22.1. The Kier molecular flexibility index (Phi) is 7.03. The second kappa shape index (κ2) is 10.3. The molecule has 1 unspecified atom stereocenters. The molecule has 0 saturated carbocycles. The molecule has 4 aromatic rings. The number of aliphatic imine (C=N–C) groups is 1. The zero-order valence-corrected chi connectivity index (χ0v) is 22.2. The van der Waals surface area contributed by atoms with Crippen molar-refractivity contribution in [2.24, 2.45) is 4.99 Å². The minimum atomic E-state index is -4.83. The first-order chi connectivity index (χ1) is 18.5. The Balaban J connectivity index is 1.46. The number of carbonyl (C=O) groups excluding carboxylic acids is 1. The van der Waals surface area contributed by atoms with Crippen LogP contribution in [0.1, 0.15) is 49.9 Å². The number of rotatable bonds is 6. The van der Waals surface area contributed by atoms with E-state index in [1.54, 1.807) is 6.92 Å². The Morgan fingerprint density at radius 3 is 2.46 bits per heavy atom. The molecule has 0 fully saturated rings. The molecule has 0 bridgehead atoms. The molecular formula is C29H25ClF3N5O. The molecule has 1 aromatic heterocycles. The van der Waals surface area contributed by atoms with E-state index in [4.69, 9.17) is 16.6 Å². The van der Waals surface area contributed by atoms with Gasteiger partial charge in [-0.2, -0.15) is 18.3 Å². The third-order valence-corrected chi connectivity index (χ3v) is 7.18. The van der Waals surface area contributed by atoms with Gasteiger partial charge in [-0.15, -0.1) is 0 Å². The van der Waals surface area contributed by atoms with Gasteiger partial charge in [-0.1, -0.05) is 48.0 Å². The van der Waals surface area contributed by atoms with Crippen molar-refractivity contribution in [1.29, 1.82) is 0 Å². The van der Waals surface area contributed by atoms with Crippen LogP contribution in [0.15, 0.2) is 65.9 Å². The van der Waals surface area contributed by atoms with Crippen LogP contribution in [0, 0.1) is 20.8 Å². The summed E-state index contributed by atoms with van der Waals surface area (Å²) < 4.78 is 43.5. The van der Waals surface area contributed by atoms with E-state index in [0.717, 1.165) is 39.7 Å². The van der Waals surface area contributed by atoms with Gasteiger partial charge in [-0.05, 0) is 61.2 Å². The van der Waals surface area contributed by atoms with Crippen LogP contribution in [0.3, 0.4) is 0 Å². The van der Waals surface area contributed by atoms with Gasteiger partial charge in [0.15, 0.2) is 0 Å². The molecule has 0 spiro atoms. The molecular weight excluding hydrogens is 527 g/mol. The number of benzene rings is 3. The van der Waals surface area contributed by atoms with Gasteiger partial charge in [-0.25, -0.2) is 9.67 Å². The third kappa shape index (κ3) is 5.45. The Labute approximate surface area is 228 Å². The highest BCUT2D eigenvalue weighted by Crippen LogP contribution is 2.38. The fourth-order valence-corrected chi connectivity index (χ4v) is 5.04. The normalized spacial score (nSPS) is 13.7. The number of amides is 1. The molecule has 3 aromatic carbocycles. The van der Waals surface area contributed by atoms with Crippen LogP contribution in [0.25, 0.3) is 5.69 Å². The lowest BCUT2D eigenvalue weighted by Crippen LogP contribution is -2.33. The van der Waals surface area contributed by atoms with Crippen molar-refractivity contribution in [2.75, 3.05) is 6.54 Å². The van der Waals surface area contributed by atoms with E-state index in [2.05, 4.69) is 21.5 Å². The van der Waals surface area contributed by atoms with Crippen molar-refractivity contribution >= 4 is 28.9 Å². The molecule has 1 N–H and O–H groups in total. The summed E-state index contributed by atoms with van der Waals surface area (Å²) in [7, 11) is 0. The van der Waals surface area contributed by atoms with E-state index in [0.29, 0.717) is 12.2 Å². The molecule has 5 rings (SSSR count). The molecule has 1 atom stereocenters. The first kappa shape index (κ1) is 26.6. The summed E-state index contributed by atoms with van der Waals surface area (Å²) in [6.07, 6.45) is -2.95. The Morgan fingerprint density at radius 1 is 1.08 bits per heavy atom. The van der Waals surface area contributed by atoms with Crippen molar-refractivity contribution in [1.82, 2.24) is 20.1 Å². The van der Waals surface area contributed by atoms with Gasteiger partial charge in [0.25, 0.3) is 5.91 Å². The molecule has 200 valence electrons. The van der Waals surface area contributed by atoms with Gasteiger partial charge in [-0.3, -0.25) is 9.79 Å². The average Bonchev–Trinajstić information content (AvgIpc) is 3.50. The van der Waals surface area contributed by atoms with Crippen LogP contribution in [-0.2, 0) is 12.6 Å². The van der Waals surface area contributed by atoms with E-state index in [1.165, 1.54) is 17.1 Å². The number of nitrogens with zero attached hydrogens (tertiary/aromatic N) is 4. The second-order valence-electron chi connectivity index (χ2n) is 9.60. The fourth-order valence-electron chi connectivity index (χ4n) is 4.74. The fraction of sp³-hybridized carbons (Fsp3) is 0.241. The predicted molar refractivity (Wildman–Crippen MR) is 144 cm³/mol. The largest absolute Gasteiger partial charge is 0.417 e. The number of aryl methyl sites for hydroxylation is 3. The number of aromatic nitrogens is 3. The van der Waals surface area contributed by atoms with E-state index in [-0.39, 0.29) is 23.2 Å². The SMILES string of the molecule is Cc1ncn(-c2cc(Cl)c(C(=O)NCC(C3=Nc4cc(C)c(C)cc4C3)c3ccccc3)c(C(F)(F)F)c2)n1. The van der Waals surface area contributed by atoms with Crippen molar-refractivity contribution in [3.05, 3.63) is 105 Å². The summed E-state index contributed by atoms with van der Waals surface area (Å²) in [6, 6.07) is 15.7. The molecule has 39 heavy (non-hydrogen) atoms. The molecule has 1 amide bonds. The lowest BCUT2D eigenvalue weighted by molar-refractivity contribution is -0.137. The van der Waals surface area contributed by atoms with Crippen molar-refractivity contribution in [3.8, 4) is 5.69 Å². The van der Waals surface area contributed by atoms with Crippen LogP contribution in [0.5, 0.6) is 0 Å². The monoisotopic (exact) mass is 551 g/mol. The van der Waals surface area contributed by atoms with Crippen LogP contribution in [-0.4, -0.2) is 32.9 Å². The third-order valence-electron chi connectivity index (χ3n) is 6.88. The summed E-state index contributed by atoms with van der Waals surface area (Å²) in [5.41, 5.74) is 4.25. The van der Waals surface area contributed by atoms with Crippen molar-refractivity contribution in [3.63, 3.8) is 0 Å². The maximum absolute atomic E-state index is 14.1. The predicted octanol–water partition coefficient (Wildman–Crippen LogP) is 6.71. The highest BCUT2D eigenvalue weighted by molar-refractivity contribution is 6.34. The zero-order chi connectivity index (χ0) is 27.9. The number of nitrogens with one attached hydrogen (secondary N) is 1. The van der Waals surface area contributed by atoms with Crippen molar-refractivity contribution in [2.45, 2.75) is 39.3 Å². The quantitative estimate of drug-likeness (QED) is 0.289. The molecule has 0 aliphatic carbocycles. The lowest BCUT2D eigenvalue weighted by atomic mass is 9.90. The first-order valence-corrected chi connectivity index (χ1v) is 12.7. The molecule has 2 heterocycles. The van der Waals surface area contributed by atoms with Crippen molar-refractivity contribution < 1.29 is 18.0 Å². The minimum absolute atomic E-state index is 0.0469. The molecule has 0 radical (unpaired) electrons. The van der Waals surface area contributed by atoms with Crippen LogP contribution < -0.4 is 5.32 Å². The summed E-state index contributed by atoms with van der Waals surface area (Å²) in [5, 5.41) is 6.42. The molecule has 1 aliphatic heterocycles. The van der Waals surface area contributed by atoms with E-state index in [9.17, 15) is 18.0 Å². The summed E-state index contributed by atoms with van der Waals surface area (Å²) >= 11 is 6.30. The minimum Gasteiger partial charge on any atom is -0.351 e. The van der Waals surface area contributed by atoms with E-state index in [1.807, 2.05) is 50.2 Å². The Morgan fingerprint density at radius 2 is 1.79 bits per heavy atom. The highest BCUT2D eigenvalue weighted by atomic mass is 35.5. The van der Waals surface area contributed by atoms with Gasteiger partial charge in [0.2, 0.25) is 0 Å². The van der Waals surface area contributed by atoms with Gasteiger partial charge < -0.3 is 5.32 Å². The van der Waals surface area contributed by atoms with E-state index >= 15 is 0 Å². The zero-order valence-electron chi connectivity index (χ0n) is 21.5. The maximum atomic E-state index is 14.1. The molecule has 10 heteroatoms. The maximum Gasteiger partial charge on any atom is 0.417 e. The van der Waals surface area contributed by atoms with Gasteiger partial charge in [0, 0.05) is 24.6 Å². The average molecular weight is 552 g/mol. The van der Waals surface area contributed by atoms with Crippen LogP contribution in [0.2, 0.25) is 5.02 Å². The highest BCUT2D eigenvalue weighted by Gasteiger charge is 2.38. The van der Waals surface area contributed by atoms with Gasteiger partial charge in [0.05, 0.1) is 27.5 Å². The molecule has 6 nitrogen and oxygen atoms in total. The first-order valence-electron chi connectivity index (χ1n) is 12.3. The smallest absolute Gasteiger partial charge is 0.351 e. The number of alkyl halides is 3. The van der Waals surface area contributed by atoms with Gasteiger partial charge in [0.1, 0.15) is 12.2 Å². The van der Waals surface area contributed by atoms with E-state index < -0.39 is 23.2 Å². The number of hydrogen-bond acceptors (Lipinski definition) is 4. The number of fused-ring (bicyclic) bond motifs is 1. The lowest BCUT2D eigenvalue weighted by Gasteiger charge is -2.20. The standard InChI is InChI=1S/C29H25ClF3N5O/c1-16-9-20-11-26(36-25(20)10-17(16)2)22(19-7-5-4-6-8-19)14-34-28(39)27-23(29(31,32)33)12-21(13-24(27)30)38-15-35-18(3)37-38/h4-10,12-13,15,22H,11,14H2,1-3H3,(H,34,39). The molecule has 0 saturated heterocycles. The number of halogens is 4. The Hall–Kier alpha value is -3.98. The number of hydrogen-bond donors (Lipinski definition) is 1. The van der Waals surface area contributed by atoms with Crippen LogP contribution >= 0.6 is 11.6 Å². The summed E-state index contributed by atoms with van der Waals surface area (Å²) in [5.74, 6) is -0.873. The summed E-state index contributed by atoms with van der Waals surface area (Å²) in [6.45, 7) is 5.73. The Bertz CT molecular complexity index is 1590. The topological polar surface area (TPSA) is 72.2 Å².